The lowest BCUT2D eigenvalue weighted by molar-refractivity contribution is -0.117. The Morgan fingerprint density at radius 2 is 1.71 bits per heavy atom. The van der Waals surface area contributed by atoms with Gasteiger partial charge in [0.25, 0.3) is 0 Å². The quantitative estimate of drug-likeness (QED) is 0.583. The number of benzene rings is 2. The second kappa shape index (κ2) is 9.45. The molecule has 2 rings (SSSR count). The maximum absolute atomic E-state index is 13.8. The van der Waals surface area contributed by atoms with Crippen LogP contribution in [0.15, 0.2) is 42.5 Å². The van der Waals surface area contributed by atoms with E-state index in [9.17, 15) is 23.2 Å². The van der Waals surface area contributed by atoms with Gasteiger partial charge in [0.2, 0.25) is 11.8 Å². The number of nitrogens with two attached hydrogens (primary N) is 1. The number of carbonyl (C=O) groups is 3. The minimum atomic E-state index is -0.700. The van der Waals surface area contributed by atoms with Crippen molar-refractivity contribution in [2.75, 3.05) is 17.2 Å². The summed E-state index contributed by atoms with van der Waals surface area (Å²) in [6.45, 7) is 1.36. The summed E-state index contributed by atoms with van der Waals surface area (Å²) in [7, 11) is 0. The lowest BCUT2D eigenvalue weighted by Crippen LogP contribution is -2.36. The van der Waals surface area contributed by atoms with Gasteiger partial charge in [-0.25, -0.2) is 13.6 Å². The summed E-state index contributed by atoms with van der Waals surface area (Å²) in [4.78, 5) is 34.5. The number of nitrogens with one attached hydrogen (secondary N) is 3. The van der Waals surface area contributed by atoms with Gasteiger partial charge in [-0.15, -0.1) is 0 Å². The molecular formula is C19H20F2N4O3. The van der Waals surface area contributed by atoms with Crippen LogP contribution in [0.2, 0.25) is 0 Å². The van der Waals surface area contributed by atoms with E-state index < -0.39 is 29.5 Å². The van der Waals surface area contributed by atoms with E-state index in [1.807, 2.05) is 0 Å². The Morgan fingerprint density at radius 1 is 1.04 bits per heavy atom. The maximum Gasteiger partial charge on any atom is 0.319 e. The van der Waals surface area contributed by atoms with Crippen LogP contribution in [0, 0.1) is 11.6 Å². The molecule has 28 heavy (non-hydrogen) atoms. The summed E-state index contributed by atoms with van der Waals surface area (Å²) in [6.07, 6.45) is -0.0146. The van der Waals surface area contributed by atoms with Gasteiger partial charge in [0.05, 0.1) is 6.54 Å². The third kappa shape index (κ3) is 6.35. The molecule has 0 heterocycles. The summed E-state index contributed by atoms with van der Waals surface area (Å²) in [5, 5.41) is 7.42. The molecule has 0 spiro atoms. The predicted molar refractivity (Wildman–Crippen MR) is 101 cm³/mol. The van der Waals surface area contributed by atoms with Crippen molar-refractivity contribution in [3.63, 3.8) is 0 Å². The SMILES string of the molecule is CC(CC(=O)Nc1cccc(NC(=O)NCC(N)=O)c1)c1ccc(F)cc1F. The molecule has 1 atom stereocenters. The van der Waals surface area contributed by atoms with E-state index in [0.717, 1.165) is 12.1 Å². The number of carbonyl (C=O) groups excluding carboxylic acids is 3. The van der Waals surface area contributed by atoms with E-state index in [2.05, 4.69) is 16.0 Å². The highest BCUT2D eigenvalue weighted by molar-refractivity contribution is 5.94. The van der Waals surface area contributed by atoms with E-state index in [1.54, 1.807) is 25.1 Å². The topological polar surface area (TPSA) is 113 Å². The van der Waals surface area contributed by atoms with Gasteiger partial charge in [0, 0.05) is 23.9 Å². The molecule has 9 heteroatoms. The number of rotatable bonds is 7. The van der Waals surface area contributed by atoms with Crippen molar-refractivity contribution in [2.24, 2.45) is 5.73 Å². The molecule has 1 unspecified atom stereocenters. The molecule has 0 saturated carbocycles. The van der Waals surface area contributed by atoms with E-state index in [0.29, 0.717) is 11.4 Å². The fourth-order valence-corrected chi connectivity index (χ4v) is 2.52. The van der Waals surface area contributed by atoms with Crippen LogP contribution in [0.4, 0.5) is 25.0 Å². The molecule has 0 saturated heterocycles. The summed E-state index contributed by atoms with van der Waals surface area (Å²) >= 11 is 0. The number of urea groups is 1. The van der Waals surface area contributed by atoms with Crippen LogP contribution in [0.3, 0.4) is 0 Å². The van der Waals surface area contributed by atoms with Crippen molar-refractivity contribution < 1.29 is 23.2 Å². The van der Waals surface area contributed by atoms with Crippen LogP contribution in [0.25, 0.3) is 0 Å². The number of primary amides is 1. The van der Waals surface area contributed by atoms with Gasteiger partial charge in [-0.2, -0.15) is 0 Å². The van der Waals surface area contributed by atoms with Crippen LogP contribution in [0.5, 0.6) is 0 Å². The normalized spacial score (nSPS) is 11.4. The van der Waals surface area contributed by atoms with Crippen LogP contribution >= 0.6 is 0 Å². The van der Waals surface area contributed by atoms with Crippen molar-refractivity contribution in [1.82, 2.24) is 5.32 Å². The molecule has 2 aromatic rings. The average molecular weight is 390 g/mol. The predicted octanol–water partition coefficient (Wildman–Crippen LogP) is 2.70. The van der Waals surface area contributed by atoms with Gasteiger partial charge >= 0.3 is 6.03 Å². The van der Waals surface area contributed by atoms with Crippen molar-refractivity contribution in [3.05, 3.63) is 59.7 Å². The first-order valence-electron chi connectivity index (χ1n) is 8.42. The molecule has 0 fully saturated rings. The van der Waals surface area contributed by atoms with Crippen molar-refractivity contribution in [2.45, 2.75) is 19.3 Å². The van der Waals surface area contributed by atoms with E-state index >= 15 is 0 Å². The average Bonchev–Trinajstić information content (AvgIpc) is 2.60. The Kier molecular flexibility index (Phi) is 7.02. The second-order valence-electron chi connectivity index (χ2n) is 6.17. The Balaban J connectivity index is 1.94. The summed E-state index contributed by atoms with van der Waals surface area (Å²) in [5.41, 5.74) is 6.00. The highest BCUT2D eigenvalue weighted by Crippen LogP contribution is 2.24. The maximum atomic E-state index is 13.8. The van der Waals surface area contributed by atoms with Gasteiger partial charge in [0.1, 0.15) is 11.6 Å². The van der Waals surface area contributed by atoms with E-state index in [1.165, 1.54) is 12.1 Å². The van der Waals surface area contributed by atoms with E-state index in [-0.39, 0.29) is 24.4 Å². The zero-order valence-corrected chi connectivity index (χ0v) is 15.1. The van der Waals surface area contributed by atoms with Crippen molar-refractivity contribution in [3.8, 4) is 0 Å². The Morgan fingerprint density at radius 3 is 2.36 bits per heavy atom. The number of amides is 4. The van der Waals surface area contributed by atoms with Gasteiger partial charge in [-0.3, -0.25) is 9.59 Å². The number of hydrogen-bond acceptors (Lipinski definition) is 3. The largest absolute Gasteiger partial charge is 0.368 e. The Hall–Kier alpha value is -3.49. The highest BCUT2D eigenvalue weighted by atomic mass is 19.1. The zero-order valence-electron chi connectivity index (χ0n) is 15.1. The summed E-state index contributed by atoms with van der Waals surface area (Å²) in [5.74, 6) is -2.88. The van der Waals surface area contributed by atoms with Gasteiger partial charge in [0.15, 0.2) is 0 Å². The molecule has 0 radical (unpaired) electrons. The van der Waals surface area contributed by atoms with Crippen LogP contribution < -0.4 is 21.7 Å². The minimum absolute atomic E-state index is 0.0146. The van der Waals surface area contributed by atoms with Gasteiger partial charge in [-0.05, 0) is 35.7 Å². The fourth-order valence-electron chi connectivity index (χ4n) is 2.52. The first-order valence-corrected chi connectivity index (χ1v) is 8.42. The molecule has 5 N–H and O–H groups in total. The fraction of sp³-hybridized carbons (Fsp3) is 0.211. The molecule has 0 aromatic heterocycles. The third-order valence-electron chi connectivity index (χ3n) is 3.81. The number of hydrogen-bond donors (Lipinski definition) is 4. The van der Waals surface area contributed by atoms with E-state index in [4.69, 9.17) is 5.73 Å². The number of halogens is 2. The van der Waals surface area contributed by atoms with Gasteiger partial charge < -0.3 is 21.7 Å². The standard InChI is InChI=1S/C19H20F2N4O3/c1-11(15-6-5-12(20)8-16(15)21)7-18(27)24-13-3-2-4-14(9-13)25-19(28)23-10-17(22)26/h2-6,8-9,11H,7,10H2,1H3,(H2,22,26)(H,24,27)(H2,23,25,28). The van der Waals surface area contributed by atoms with Gasteiger partial charge in [-0.1, -0.05) is 19.1 Å². The molecule has 0 bridgehead atoms. The smallest absolute Gasteiger partial charge is 0.319 e. The lowest BCUT2D eigenvalue weighted by Gasteiger charge is -2.14. The molecule has 0 aliphatic rings. The molecule has 7 nitrogen and oxygen atoms in total. The molecule has 4 amide bonds. The Bertz CT molecular complexity index is 889. The molecule has 148 valence electrons. The third-order valence-corrected chi connectivity index (χ3v) is 3.81. The van der Waals surface area contributed by atoms with Crippen LogP contribution in [0.1, 0.15) is 24.8 Å². The monoisotopic (exact) mass is 390 g/mol. The lowest BCUT2D eigenvalue weighted by atomic mass is 9.97. The number of anilines is 2. The first kappa shape index (κ1) is 20.8. The van der Waals surface area contributed by atoms with Crippen LogP contribution in [-0.2, 0) is 9.59 Å². The first-order chi connectivity index (χ1) is 13.2. The van der Waals surface area contributed by atoms with Crippen molar-refractivity contribution in [1.29, 1.82) is 0 Å². The summed E-state index contributed by atoms with van der Waals surface area (Å²) < 4.78 is 26.8. The minimum Gasteiger partial charge on any atom is -0.368 e. The van der Waals surface area contributed by atoms with Crippen LogP contribution in [-0.4, -0.2) is 24.4 Å². The second-order valence-corrected chi connectivity index (χ2v) is 6.17. The molecular weight excluding hydrogens is 370 g/mol. The molecule has 2 aromatic carbocycles. The highest BCUT2D eigenvalue weighted by Gasteiger charge is 2.16. The zero-order chi connectivity index (χ0) is 20.7. The summed E-state index contributed by atoms with van der Waals surface area (Å²) in [6, 6.07) is 8.96. The Labute approximate surface area is 160 Å². The van der Waals surface area contributed by atoms with Crippen molar-refractivity contribution >= 4 is 29.2 Å². The molecule has 0 aliphatic carbocycles. The molecule has 0 aliphatic heterocycles.